The molecule has 0 unspecified atom stereocenters. The largest absolute Gasteiger partial charge is 0.381 e. The Hall–Kier alpha value is -1.06. The van der Waals surface area contributed by atoms with Gasteiger partial charge in [0.1, 0.15) is 0 Å². The molecule has 0 radical (unpaired) electrons. The van der Waals surface area contributed by atoms with Gasteiger partial charge in [-0.25, -0.2) is 0 Å². The maximum atomic E-state index is 12.4. The van der Waals surface area contributed by atoms with Gasteiger partial charge in [-0.15, -0.1) is 0 Å². The fourth-order valence-corrected chi connectivity index (χ4v) is 3.24. The first-order chi connectivity index (χ1) is 10.2. The number of carbonyl (C=O) groups excluding carboxylic acids is 1. The van der Waals surface area contributed by atoms with Crippen molar-refractivity contribution in [1.82, 2.24) is 5.32 Å². The van der Waals surface area contributed by atoms with Gasteiger partial charge in [-0.3, -0.25) is 4.79 Å². The van der Waals surface area contributed by atoms with Crippen LogP contribution in [0.3, 0.4) is 0 Å². The van der Waals surface area contributed by atoms with Gasteiger partial charge in [0.2, 0.25) is 5.91 Å². The third-order valence-corrected chi connectivity index (χ3v) is 4.93. The minimum atomic E-state index is -0.291. The van der Waals surface area contributed by atoms with Crippen LogP contribution in [-0.2, 0) is 14.9 Å². The van der Waals surface area contributed by atoms with Crippen LogP contribution in [0.5, 0.6) is 0 Å². The van der Waals surface area contributed by atoms with Crippen LogP contribution in [0.25, 0.3) is 0 Å². The summed E-state index contributed by atoms with van der Waals surface area (Å²) in [6.07, 6.45) is 5.24. The Kier molecular flexibility index (Phi) is 4.51. The van der Waals surface area contributed by atoms with Crippen molar-refractivity contribution in [3.05, 3.63) is 34.9 Å². The lowest BCUT2D eigenvalue weighted by Crippen LogP contribution is -2.35. The molecule has 1 aromatic carbocycles. The molecule has 114 valence electrons. The molecule has 21 heavy (non-hydrogen) atoms. The Morgan fingerprint density at radius 2 is 2.10 bits per heavy atom. The predicted molar refractivity (Wildman–Crippen MR) is 83.5 cm³/mol. The summed E-state index contributed by atoms with van der Waals surface area (Å²) in [4.78, 5) is 12.4. The van der Waals surface area contributed by atoms with Crippen LogP contribution in [0, 0.1) is 5.92 Å². The van der Waals surface area contributed by atoms with E-state index in [4.69, 9.17) is 16.3 Å². The van der Waals surface area contributed by atoms with Gasteiger partial charge < -0.3 is 10.1 Å². The number of benzene rings is 1. The Balaban J connectivity index is 1.47. The summed E-state index contributed by atoms with van der Waals surface area (Å²) in [5, 5.41) is 3.83. The van der Waals surface area contributed by atoms with Crippen molar-refractivity contribution in [3.63, 3.8) is 0 Å². The average Bonchev–Trinajstić information content (AvgIpc) is 3.14. The second-order valence-corrected chi connectivity index (χ2v) is 6.65. The van der Waals surface area contributed by atoms with Crippen molar-refractivity contribution in [1.29, 1.82) is 0 Å². The average molecular weight is 308 g/mol. The van der Waals surface area contributed by atoms with E-state index in [9.17, 15) is 4.79 Å². The van der Waals surface area contributed by atoms with Crippen molar-refractivity contribution in [2.75, 3.05) is 19.8 Å². The molecule has 1 aliphatic carbocycles. The highest BCUT2D eigenvalue weighted by atomic mass is 35.5. The molecule has 1 saturated carbocycles. The lowest BCUT2D eigenvalue weighted by atomic mass is 9.95. The SMILES string of the molecule is O=C(NCCC[C@H]1CCOC1)C1(c2ccc(Cl)cc2)CC1. The number of hydrogen-bond donors (Lipinski definition) is 1. The van der Waals surface area contributed by atoms with E-state index in [2.05, 4.69) is 5.32 Å². The molecule has 1 saturated heterocycles. The van der Waals surface area contributed by atoms with Crippen LogP contribution in [0.15, 0.2) is 24.3 Å². The van der Waals surface area contributed by atoms with E-state index in [0.29, 0.717) is 10.9 Å². The summed E-state index contributed by atoms with van der Waals surface area (Å²) in [5.41, 5.74) is 0.801. The second kappa shape index (κ2) is 6.37. The first kappa shape index (κ1) is 14.9. The summed E-state index contributed by atoms with van der Waals surface area (Å²) in [7, 11) is 0. The molecular weight excluding hydrogens is 286 g/mol. The molecule has 1 aromatic rings. The molecule has 3 rings (SSSR count). The van der Waals surface area contributed by atoms with Gasteiger partial charge in [0.05, 0.1) is 5.41 Å². The molecule has 4 heteroatoms. The molecule has 0 bridgehead atoms. The van der Waals surface area contributed by atoms with Crippen LogP contribution < -0.4 is 5.32 Å². The number of amides is 1. The standard InChI is InChI=1S/C17H22ClNO2/c18-15-5-3-14(4-6-15)17(8-9-17)16(20)19-10-1-2-13-7-11-21-12-13/h3-6,13H,1-2,7-12H2,(H,19,20)/t13-/m0/s1. The van der Waals surface area contributed by atoms with E-state index in [0.717, 1.165) is 51.0 Å². The van der Waals surface area contributed by atoms with E-state index < -0.39 is 0 Å². The Morgan fingerprint density at radius 3 is 2.71 bits per heavy atom. The first-order valence-corrected chi connectivity index (χ1v) is 8.21. The molecule has 1 atom stereocenters. The maximum Gasteiger partial charge on any atom is 0.230 e. The third-order valence-electron chi connectivity index (χ3n) is 4.68. The number of ether oxygens (including phenoxy) is 1. The molecule has 0 aromatic heterocycles. The van der Waals surface area contributed by atoms with Crippen molar-refractivity contribution < 1.29 is 9.53 Å². The molecule has 1 amide bonds. The molecule has 1 heterocycles. The van der Waals surface area contributed by atoms with Crippen molar-refractivity contribution >= 4 is 17.5 Å². The van der Waals surface area contributed by atoms with Crippen molar-refractivity contribution in [2.24, 2.45) is 5.92 Å². The minimum absolute atomic E-state index is 0.174. The molecule has 3 nitrogen and oxygen atoms in total. The zero-order chi connectivity index (χ0) is 14.7. The molecule has 0 spiro atoms. The summed E-state index contributed by atoms with van der Waals surface area (Å²) in [6, 6.07) is 7.68. The second-order valence-electron chi connectivity index (χ2n) is 6.22. The maximum absolute atomic E-state index is 12.4. The highest BCUT2D eigenvalue weighted by molar-refractivity contribution is 6.30. The van der Waals surface area contributed by atoms with Crippen LogP contribution in [0.1, 0.15) is 37.7 Å². The minimum Gasteiger partial charge on any atom is -0.381 e. The van der Waals surface area contributed by atoms with Gasteiger partial charge in [-0.1, -0.05) is 23.7 Å². The number of rotatable bonds is 6. The summed E-state index contributed by atoms with van der Waals surface area (Å²) in [5.74, 6) is 0.862. The van der Waals surface area contributed by atoms with Gasteiger partial charge >= 0.3 is 0 Å². The third kappa shape index (κ3) is 3.41. The smallest absolute Gasteiger partial charge is 0.230 e. The number of hydrogen-bond acceptors (Lipinski definition) is 2. The predicted octanol–water partition coefficient (Wildman–Crippen LogP) is 3.30. The summed E-state index contributed by atoms with van der Waals surface area (Å²) < 4.78 is 5.37. The van der Waals surface area contributed by atoms with Crippen molar-refractivity contribution in [2.45, 2.75) is 37.5 Å². The van der Waals surface area contributed by atoms with Gasteiger partial charge in [0.25, 0.3) is 0 Å². The van der Waals surface area contributed by atoms with Gasteiger partial charge in [0.15, 0.2) is 0 Å². The Labute approximate surface area is 131 Å². The normalized spacial score (nSPS) is 23.0. The van der Waals surface area contributed by atoms with E-state index >= 15 is 0 Å². The molecule has 1 N–H and O–H groups in total. The van der Waals surface area contributed by atoms with Gasteiger partial charge in [0, 0.05) is 24.8 Å². The van der Waals surface area contributed by atoms with E-state index in [1.54, 1.807) is 0 Å². The van der Waals surface area contributed by atoms with Crippen LogP contribution in [-0.4, -0.2) is 25.7 Å². The van der Waals surface area contributed by atoms with Crippen LogP contribution >= 0.6 is 11.6 Å². The zero-order valence-electron chi connectivity index (χ0n) is 12.2. The van der Waals surface area contributed by atoms with Gasteiger partial charge in [-0.2, -0.15) is 0 Å². The number of carbonyl (C=O) groups is 1. The Bertz CT molecular complexity index is 490. The van der Waals surface area contributed by atoms with Crippen LogP contribution in [0.4, 0.5) is 0 Å². The molecule has 2 aliphatic rings. The first-order valence-electron chi connectivity index (χ1n) is 7.83. The molecule has 1 aliphatic heterocycles. The fraction of sp³-hybridized carbons (Fsp3) is 0.588. The highest BCUT2D eigenvalue weighted by Gasteiger charge is 2.50. The fourth-order valence-electron chi connectivity index (χ4n) is 3.11. The monoisotopic (exact) mass is 307 g/mol. The quantitative estimate of drug-likeness (QED) is 0.819. The number of halogens is 1. The molecule has 2 fully saturated rings. The van der Waals surface area contributed by atoms with Gasteiger partial charge in [-0.05, 0) is 55.7 Å². The van der Waals surface area contributed by atoms with Crippen LogP contribution in [0.2, 0.25) is 5.02 Å². The lowest BCUT2D eigenvalue weighted by Gasteiger charge is -2.16. The lowest BCUT2D eigenvalue weighted by molar-refractivity contribution is -0.123. The zero-order valence-corrected chi connectivity index (χ0v) is 13.0. The molecular formula is C17H22ClNO2. The van der Waals surface area contributed by atoms with Crippen molar-refractivity contribution in [3.8, 4) is 0 Å². The van der Waals surface area contributed by atoms with E-state index in [-0.39, 0.29) is 11.3 Å². The number of nitrogens with one attached hydrogen (secondary N) is 1. The van der Waals surface area contributed by atoms with E-state index in [1.165, 1.54) is 6.42 Å². The van der Waals surface area contributed by atoms with E-state index in [1.807, 2.05) is 24.3 Å². The topological polar surface area (TPSA) is 38.3 Å². The summed E-state index contributed by atoms with van der Waals surface area (Å²) >= 11 is 5.92. The highest BCUT2D eigenvalue weighted by Crippen LogP contribution is 2.48. The summed E-state index contributed by atoms with van der Waals surface area (Å²) in [6.45, 7) is 2.56. The Morgan fingerprint density at radius 1 is 1.33 bits per heavy atom.